The van der Waals surface area contributed by atoms with Crippen molar-refractivity contribution < 1.29 is 5.11 Å². The predicted octanol–water partition coefficient (Wildman–Crippen LogP) is 3.63. The summed E-state index contributed by atoms with van der Waals surface area (Å²) < 4.78 is 0. The minimum atomic E-state index is -0.248. The maximum absolute atomic E-state index is 9.69. The summed E-state index contributed by atoms with van der Waals surface area (Å²) in [7, 11) is 0. The fraction of sp³-hybridized carbons (Fsp3) is 1.00. The molecule has 0 radical (unpaired) electrons. The molecule has 7 heteroatoms. The highest BCUT2D eigenvalue weighted by Crippen LogP contribution is 2.19. The molecule has 0 aromatic carbocycles. The molecule has 2 atom stereocenters. The molecule has 2 unspecified atom stereocenters. The van der Waals surface area contributed by atoms with Gasteiger partial charge >= 0.3 is 0 Å². The number of hydrogen-bond acceptors (Lipinski definition) is 4. The second kappa shape index (κ2) is 14.3. The lowest BCUT2D eigenvalue weighted by molar-refractivity contribution is 0.225. The van der Waals surface area contributed by atoms with Gasteiger partial charge in [-0.25, -0.2) is 0 Å². The van der Waals surface area contributed by atoms with Gasteiger partial charge in [-0.15, -0.1) is 34.8 Å². The summed E-state index contributed by atoms with van der Waals surface area (Å²) in [5.74, 6) is 6.30. The second-order valence-corrected chi connectivity index (χ2v) is 7.99. The van der Waals surface area contributed by atoms with Crippen molar-refractivity contribution in [2.75, 3.05) is 46.4 Å². The number of aliphatic hydroxyl groups excluding tert-OH is 1. The number of rotatable bonds is 12. The fourth-order valence-electron chi connectivity index (χ4n) is 1.01. The zero-order valence-electron chi connectivity index (χ0n) is 9.62. The van der Waals surface area contributed by atoms with Crippen LogP contribution in [0.15, 0.2) is 0 Å². The van der Waals surface area contributed by atoms with E-state index in [0.717, 1.165) is 28.8 Å². The van der Waals surface area contributed by atoms with Crippen molar-refractivity contribution >= 4 is 70.1 Å². The van der Waals surface area contributed by atoms with Crippen LogP contribution < -0.4 is 0 Å². The molecule has 0 saturated heterocycles. The minimum absolute atomic E-state index is 0.248. The first-order valence-corrected chi connectivity index (χ1v) is 10.3. The molecule has 1 N–H and O–H groups in total. The Balaban J connectivity index is 3.45. The van der Waals surface area contributed by atoms with Gasteiger partial charge in [0, 0.05) is 51.7 Å². The van der Waals surface area contributed by atoms with Gasteiger partial charge in [-0.3, -0.25) is 0 Å². The summed E-state index contributed by atoms with van der Waals surface area (Å²) in [6.07, 6.45) is -0.248. The molecule has 0 aliphatic heterocycles. The molecule has 0 aliphatic carbocycles. The number of thioether (sulfide) groups is 3. The van der Waals surface area contributed by atoms with Crippen molar-refractivity contribution in [1.29, 1.82) is 0 Å². The molecule has 0 heterocycles. The van der Waals surface area contributed by atoms with Gasteiger partial charge in [-0.2, -0.15) is 35.3 Å². The van der Waals surface area contributed by atoms with E-state index in [1.165, 1.54) is 0 Å². The van der Waals surface area contributed by atoms with E-state index in [4.69, 9.17) is 34.8 Å². The number of aliphatic hydroxyl groups is 1. The predicted molar refractivity (Wildman–Crippen MR) is 89.1 cm³/mol. The molecule has 104 valence electrons. The molecule has 0 amide bonds. The van der Waals surface area contributed by atoms with Crippen LogP contribution in [0.3, 0.4) is 0 Å². The first-order chi connectivity index (χ1) is 8.24. The Morgan fingerprint density at radius 1 is 0.882 bits per heavy atom. The van der Waals surface area contributed by atoms with Crippen LogP contribution in [-0.4, -0.2) is 62.9 Å². The van der Waals surface area contributed by atoms with E-state index >= 15 is 0 Å². The van der Waals surface area contributed by atoms with E-state index in [1.807, 2.05) is 0 Å². The number of halogens is 3. The normalized spacial score (nSPS) is 14.8. The van der Waals surface area contributed by atoms with Crippen LogP contribution in [0.2, 0.25) is 0 Å². The van der Waals surface area contributed by atoms with Gasteiger partial charge in [-0.1, -0.05) is 0 Å². The highest BCUT2D eigenvalue weighted by Gasteiger charge is 2.10. The lowest BCUT2D eigenvalue weighted by Gasteiger charge is -2.14. The average Bonchev–Trinajstić information content (AvgIpc) is 2.34. The highest BCUT2D eigenvalue weighted by atomic mass is 35.5. The molecule has 0 fully saturated rings. The molecule has 0 spiro atoms. The molecule has 0 aliphatic rings. The Hall–Kier alpha value is 1.88. The van der Waals surface area contributed by atoms with Crippen molar-refractivity contribution in [2.24, 2.45) is 0 Å². The van der Waals surface area contributed by atoms with Crippen molar-refractivity contribution in [3.05, 3.63) is 0 Å². The van der Waals surface area contributed by atoms with Gasteiger partial charge in [0.25, 0.3) is 0 Å². The Morgan fingerprint density at radius 2 is 1.53 bits per heavy atom. The monoisotopic (exact) mass is 356 g/mol. The van der Waals surface area contributed by atoms with Gasteiger partial charge in [0.05, 0.1) is 6.10 Å². The Kier molecular flexibility index (Phi) is 15.9. The summed E-state index contributed by atoms with van der Waals surface area (Å²) in [6, 6.07) is 0. The molecule has 0 rings (SSSR count). The van der Waals surface area contributed by atoms with Crippen LogP contribution in [0.1, 0.15) is 0 Å². The highest BCUT2D eigenvalue weighted by molar-refractivity contribution is 8.03. The van der Waals surface area contributed by atoms with E-state index in [-0.39, 0.29) is 6.10 Å². The second-order valence-electron chi connectivity index (χ2n) is 3.29. The Morgan fingerprint density at radius 3 is 2.12 bits per heavy atom. The van der Waals surface area contributed by atoms with Crippen LogP contribution in [0.4, 0.5) is 0 Å². The minimum Gasteiger partial charge on any atom is -0.391 e. The van der Waals surface area contributed by atoms with Crippen molar-refractivity contribution in [1.82, 2.24) is 0 Å². The maximum Gasteiger partial charge on any atom is 0.0720 e. The smallest absolute Gasteiger partial charge is 0.0720 e. The zero-order valence-corrected chi connectivity index (χ0v) is 14.3. The van der Waals surface area contributed by atoms with Gasteiger partial charge in [-0.05, 0) is 0 Å². The maximum atomic E-state index is 9.69. The quantitative estimate of drug-likeness (QED) is 0.425. The summed E-state index contributed by atoms with van der Waals surface area (Å²) in [5, 5.41) is 10.1. The van der Waals surface area contributed by atoms with E-state index in [2.05, 4.69) is 0 Å². The SMILES string of the molecule is OC(CSCCCl)CSCC(CCl)SCCCl. The van der Waals surface area contributed by atoms with E-state index in [9.17, 15) is 5.11 Å². The standard InChI is InChI=1S/C10H19Cl3OS3/c11-1-3-15-6-9(14)7-16-8-10(5-13)17-4-2-12/h9-10,14H,1-8H2. The average molecular weight is 358 g/mol. The molecule has 17 heavy (non-hydrogen) atoms. The first-order valence-electron chi connectivity index (χ1n) is 5.37. The fourth-order valence-corrected chi connectivity index (χ4v) is 5.01. The van der Waals surface area contributed by atoms with Crippen LogP contribution in [-0.2, 0) is 0 Å². The van der Waals surface area contributed by atoms with Crippen LogP contribution in [0, 0.1) is 0 Å². The molecular weight excluding hydrogens is 339 g/mol. The third-order valence-corrected chi connectivity index (χ3v) is 6.96. The summed E-state index contributed by atoms with van der Waals surface area (Å²) in [4.78, 5) is 0. The molecule has 0 aromatic heterocycles. The Bertz CT molecular complexity index is 166. The molecule has 0 saturated carbocycles. The summed E-state index contributed by atoms with van der Waals surface area (Å²) in [6.45, 7) is 0. The van der Waals surface area contributed by atoms with Crippen LogP contribution >= 0.6 is 70.1 Å². The van der Waals surface area contributed by atoms with E-state index in [1.54, 1.807) is 35.3 Å². The molecule has 0 bridgehead atoms. The molecule has 0 aromatic rings. The number of alkyl halides is 3. The third kappa shape index (κ3) is 12.6. The van der Waals surface area contributed by atoms with Gasteiger partial charge < -0.3 is 5.11 Å². The van der Waals surface area contributed by atoms with Crippen LogP contribution in [0.25, 0.3) is 0 Å². The molecule has 1 nitrogen and oxygen atoms in total. The van der Waals surface area contributed by atoms with Gasteiger partial charge in [0.2, 0.25) is 0 Å². The third-order valence-electron chi connectivity index (χ3n) is 1.75. The Labute approximate surface area is 132 Å². The van der Waals surface area contributed by atoms with Crippen molar-refractivity contribution in [3.63, 3.8) is 0 Å². The van der Waals surface area contributed by atoms with Crippen LogP contribution in [0.5, 0.6) is 0 Å². The van der Waals surface area contributed by atoms with E-state index < -0.39 is 0 Å². The first kappa shape index (κ1) is 18.9. The van der Waals surface area contributed by atoms with Gasteiger partial charge in [0.1, 0.15) is 0 Å². The lowest BCUT2D eigenvalue weighted by atomic mass is 10.5. The van der Waals surface area contributed by atoms with Crippen molar-refractivity contribution in [3.8, 4) is 0 Å². The lowest BCUT2D eigenvalue weighted by Crippen LogP contribution is -2.17. The topological polar surface area (TPSA) is 20.2 Å². The zero-order chi connectivity index (χ0) is 12.9. The number of hydrogen-bond donors (Lipinski definition) is 1. The van der Waals surface area contributed by atoms with E-state index in [0.29, 0.717) is 22.9 Å². The molecular formula is C10H19Cl3OS3. The summed E-state index contributed by atoms with van der Waals surface area (Å²) >= 11 is 22.3. The van der Waals surface area contributed by atoms with Gasteiger partial charge in [0.15, 0.2) is 0 Å². The largest absolute Gasteiger partial charge is 0.391 e. The van der Waals surface area contributed by atoms with Crippen molar-refractivity contribution in [2.45, 2.75) is 11.4 Å². The summed E-state index contributed by atoms with van der Waals surface area (Å²) in [5.41, 5.74) is 0.